The first kappa shape index (κ1) is 13.8. The highest BCUT2D eigenvalue weighted by Gasteiger charge is 2.41. The fourth-order valence-corrected chi connectivity index (χ4v) is 3.37. The van der Waals surface area contributed by atoms with Crippen LogP contribution in [-0.4, -0.2) is 38.3 Å². The van der Waals surface area contributed by atoms with E-state index in [1.54, 1.807) is 7.11 Å². The zero-order valence-electron chi connectivity index (χ0n) is 11.6. The molecule has 2 aliphatic rings. The molecule has 0 aromatic heterocycles. The van der Waals surface area contributed by atoms with Gasteiger partial charge in [-0.25, -0.2) is 0 Å². The summed E-state index contributed by atoms with van der Waals surface area (Å²) in [4.78, 5) is 12.5. The van der Waals surface area contributed by atoms with Crippen LogP contribution in [0.5, 0.6) is 0 Å². The molecule has 1 heterocycles. The fourth-order valence-electron chi connectivity index (χ4n) is 3.37. The number of hydrogen-bond donors (Lipinski definition) is 2. The third-order valence-corrected chi connectivity index (χ3v) is 4.51. The number of hydrogen-bond acceptors (Lipinski definition) is 3. The molecule has 1 saturated carbocycles. The number of amides is 1. The van der Waals surface area contributed by atoms with Crippen LogP contribution in [0.3, 0.4) is 0 Å². The van der Waals surface area contributed by atoms with Crippen molar-refractivity contribution in [1.82, 2.24) is 10.6 Å². The molecule has 2 rings (SSSR count). The second-order valence-electron chi connectivity index (χ2n) is 5.80. The van der Waals surface area contributed by atoms with Gasteiger partial charge in [-0.15, -0.1) is 0 Å². The van der Waals surface area contributed by atoms with Crippen molar-refractivity contribution in [2.75, 3.05) is 20.2 Å². The molecule has 0 aromatic rings. The summed E-state index contributed by atoms with van der Waals surface area (Å²) in [6, 6.07) is 0.316. The second-order valence-corrected chi connectivity index (χ2v) is 5.80. The maximum absolute atomic E-state index is 12.5. The molecule has 18 heavy (non-hydrogen) atoms. The minimum atomic E-state index is -0.153. The van der Waals surface area contributed by atoms with E-state index in [2.05, 4.69) is 17.6 Å². The Morgan fingerprint density at radius 3 is 2.89 bits per heavy atom. The molecule has 3 unspecified atom stereocenters. The Morgan fingerprint density at radius 1 is 1.50 bits per heavy atom. The van der Waals surface area contributed by atoms with Gasteiger partial charge >= 0.3 is 0 Å². The zero-order valence-corrected chi connectivity index (χ0v) is 11.6. The summed E-state index contributed by atoms with van der Waals surface area (Å²) in [5, 5.41) is 6.59. The van der Waals surface area contributed by atoms with E-state index >= 15 is 0 Å². The Labute approximate surface area is 110 Å². The van der Waals surface area contributed by atoms with Gasteiger partial charge in [-0.05, 0) is 38.6 Å². The van der Waals surface area contributed by atoms with E-state index in [0.717, 1.165) is 51.6 Å². The molecule has 0 radical (unpaired) electrons. The van der Waals surface area contributed by atoms with Gasteiger partial charge in [0.25, 0.3) is 0 Å². The summed E-state index contributed by atoms with van der Waals surface area (Å²) in [6.45, 7) is 3.97. The summed E-state index contributed by atoms with van der Waals surface area (Å²) < 4.78 is 5.36. The molecule has 3 atom stereocenters. The Morgan fingerprint density at radius 2 is 2.33 bits per heavy atom. The van der Waals surface area contributed by atoms with Gasteiger partial charge in [0.05, 0.1) is 11.5 Å². The van der Waals surface area contributed by atoms with E-state index in [1.807, 2.05) is 0 Å². The first-order valence-corrected chi connectivity index (χ1v) is 7.24. The Kier molecular flexibility index (Phi) is 4.62. The molecule has 0 aromatic carbocycles. The predicted molar refractivity (Wildman–Crippen MR) is 71.4 cm³/mol. The van der Waals surface area contributed by atoms with Gasteiger partial charge in [-0.1, -0.05) is 13.3 Å². The van der Waals surface area contributed by atoms with Crippen molar-refractivity contribution in [2.45, 2.75) is 57.6 Å². The first-order chi connectivity index (χ1) is 8.70. The smallest absolute Gasteiger partial charge is 0.227 e. The number of nitrogens with one attached hydrogen (secondary N) is 2. The lowest BCUT2D eigenvalue weighted by atomic mass is 9.81. The van der Waals surface area contributed by atoms with E-state index in [0.29, 0.717) is 12.1 Å². The lowest BCUT2D eigenvalue weighted by Gasteiger charge is -2.28. The largest absolute Gasteiger partial charge is 0.381 e. The van der Waals surface area contributed by atoms with Crippen molar-refractivity contribution >= 4 is 5.91 Å². The third kappa shape index (κ3) is 2.86. The molecule has 104 valence electrons. The number of carbonyl (C=O) groups excluding carboxylic acids is 1. The predicted octanol–water partition coefficient (Wildman–Crippen LogP) is 1.45. The topological polar surface area (TPSA) is 50.4 Å². The molecule has 0 bridgehead atoms. The van der Waals surface area contributed by atoms with Crippen LogP contribution in [0.4, 0.5) is 0 Å². The van der Waals surface area contributed by atoms with E-state index < -0.39 is 0 Å². The molecular weight excluding hydrogens is 228 g/mol. The molecular formula is C14H26N2O2. The van der Waals surface area contributed by atoms with E-state index in [9.17, 15) is 4.79 Å². The summed E-state index contributed by atoms with van der Waals surface area (Å²) in [5.74, 6) is 0.260. The standard InChI is InChI=1S/C14H26N2O2/c1-3-6-14(7-8-15-10-14)13(17)16-11-4-5-12(9-11)18-2/h11-12,15H,3-10H2,1-2H3,(H,16,17). The van der Waals surface area contributed by atoms with Crippen LogP contribution in [0.1, 0.15) is 45.4 Å². The number of methoxy groups -OCH3 is 1. The average Bonchev–Trinajstić information content (AvgIpc) is 2.99. The van der Waals surface area contributed by atoms with Crippen LogP contribution < -0.4 is 10.6 Å². The Balaban J connectivity index is 1.90. The van der Waals surface area contributed by atoms with Gasteiger partial charge in [0.2, 0.25) is 5.91 Å². The maximum atomic E-state index is 12.5. The monoisotopic (exact) mass is 254 g/mol. The number of rotatable bonds is 5. The molecule has 1 aliphatic carbocycles. The lowest BCUT2D eigenvalue weighted by molar-refractivity contribution is -0.131. The highest BCUT2D eigenvalue weighted by molar-refractivity contribution is 5.83. The van der Waals surface area contributed by atoms with Crippen LogP contribution in [0.2, 0.25) is 0 Å². The molecule has 1 aliphatic heterocycles. The summed E-state index contributed by atoms with van der Waals surface area (Å²) >= 11 is 0. The quantitative estimate of drug-likeness (QED) is 0.781. The van der Waals surface area contributed by atoms with E-state index in [-0.39, 0.29) is 11.3 Å². The first-order valence-electron chi connectivity index (χ1n) is 7.24. The van der Waals surface area contributed by atoms with Crippen LogP contribution in [0.25, 0.3) is 0 Å². The van der Waals surface area contributed by atoms with Gasteiger partial charge in [-0.2, -0.15) is 0 Å². The summed E-state index contributed by atoms with van der Waals surface area (Å²) in [5.41, 5.74) is -0.153. The van der Waals surface area contributed by atoms with Crippen molar-refractivity contribution in [3.05, 3.63) is 0 Å². The van der Waals surface area contributed by atoms with Crippen LogP contribution in [-0.2, 0) is 9.53 Å². The van der Waals surface area contributed by atoms with Crippen molar-refractivity contribution < 1.29 is 9.53 Å². The fraction of sp³-hybridized carbons (Fsp3) is 0.929. The van der Waals surface area contributed by atoms with Crippen LogP contribution in [0, 0.1) is 5.41 Å². The minimum absolute atomic E-state index is 0.153. The maximum Gasteiger partial charge on any atom is 0.227 e. The number of carbonyl (C=O) groups is 1. The summed E-state index contributed by atoms with van der Waals surface area (Å²) in [6.07, 6.45) is 6.47. The Bertz CT molecular complexity index is 288. The summed E-state index contributed by atoms with van der Waals surface area (Å²) in [7, 11) is 1.76. The third-order valence-electron chi connectivity index (χ3n) is 4.51. The molecule has 1 amide bonds. The van der Waals surface area contributed by atoms with Crippen LogP contribution >= 0.6 is 0 Å². The number of ether oxygens (including phenoxy) is 1. The van der Waals surface area contributed by atoms with Crippen molar-refractivity contribution in [3.63, 3.8) is 0 Å². The normalized spacial score (nSPS) is 35.9. The van der Waals surface area contributed by atoms with Crippen molar-refractivity contribution in [3.8, 4) is 0 Å². The molecule has 1 saturated heterocycles. The van der Waals surface area contributed by atoms with Gasteiger partial charge in [0, 0.05) is 19.7 Å². The zero-order chi connectivity index (χ0) is 13.0. The van der Waals surface area contributed by atoms with E-state index in [1.165, 1.54) is 0 Å². The minimum Gasteiger partial charge on any atom is -0.381 e. The Hall–Kier alpha value is -0.610. The SMILES string of the molecule is CCCC1(C(=O)NC2CCC(OC)C2)CCNC1. The molecule has 4 heteroatoms. The van der Waals surface area contributed by atoms with Crippen molar-refractivity contribution in [1.29, 1.82) is 0 Å². The molecule has 4 nitrogen and oxygen atoms in total. The second kappa shape index (κ2) is 6.02. The highest BCUT2D eigenvalue weighted by Crippen LogP contribution is 2.32. The van der Waals surface area contributed by atoms with Crippen LogP contribution in [0.15, 0.2) is 0 Å². The lowest BCUT2D eigenvalue weighted by Crippen LogP contribution is -2.46. The van der Waals surface area contributed by atoms with Gasteiger partial charge < -0.3 is 15.4 Å². The highest BCUT2D eigenvalue weighted by atomic mass is 16.5. The van der Waals surface area contributed by atoms with Gasteiger partial charge in [0.15, 0.2) is 0 Å². The van der Waals surface area contributed by atoms with Crippen molar-refractivity contribution in [2.24, 2.45) is 5.41 Å². The molecule has 2 N–H and O–H groups in total. The molecule has 2 fully saturated rings. The van der Waals surface area contributed by atoms with Gasteiger partial charge in [0.1, 0.15) is 0 Å². The van der Waals surface area contributed by atoms with E-state index in [4.69, 9.17) is 4.74 Å². The molecule has 0 spiro atoms. The van der Waals surface area contributed by atoms with Gasteiger partial charge in [-0.3, -0.25) is 4.79 Å². The average molecular weight is 254 g/mol.